The van der Waals surface area contributed by atoms with Gasteiger partial charge in [-0.1, -0.05) is 20.8 Å². The van der Waals surface area contributed by atoms with Gasteiger partial charge in [-0.3, -0.25) is 9.78 Å². The summed E-state index contributed by atoms with van der Waals surface area (Å²) in [6.45, 7) is 7.75. The molecule has 0 spiro atoms. The van der Waals surface area contributed by atoms with E-state index in [0.29, 0.717) is 0 Å². The molecule has 2 nitrogen and oxygen atoms in total. The Morgan fingerprint density at radius 2 is 2.00 bits per heavy atom. The van der Waals surface area contributed by atoms with Crippen LogP contribution in [0.25, 0.3) is 0 Å². The lowest BCUT2D eigenvalue weighted by Gasteiger charge is -2.19. The normalized spacial score (nSPS) is 11.4. The summed E-state index contributed by atoms with van der Waals surface area (Å²) in [5, 5.41) is 0. The molecule has 0 radical (unpaired) electrons. The second kappa shape index (κ2) is 3.29. The average molecular weight is 177 g/mol. The zero-order chi connectivity index (χ0) is 10.1. The van der Waals surface area contributed by atoms with Crippen LogP contribution < -0.4 is 0 Å². The van der Waals surface area contributed by atoms with Crippen LogP contribution in [0, 0.1) is 0 Å². The maximum absolute atomic E-state index is 11.3. The van der Waals surface area contributed by atoms with Crippen molar-refractivity contribution >= 4 is 5.78 Å². The van der Waals surface area contributed by atoms with Crippen molar-refractivity contribution in [2.45, 2.75) is 33.1 Å². The third kappa shape index (κ3) is 2.14. The number of nitrogens with zero attached hydrogens (tertiary/aromatic N) is 1. The summed E-state index contributed by atoms with van der Waals surface area (Å²) in [5.74, 6) is 0.0815. The highest BCUT2D eigenvalue weighted by Gasteiger charge is 2.20. The molecule has 1 rings (SSSR count). The van der Waals surface area contributed by atoms with E-state index in [1.807, 2.05) is 6.07 Å². The molecule has 70 valence electrons. The monoisotopic (exact) mass is 177 g/mol. The van der Waals surface area contributed by atoms with Gasteiger partial charge in [0.2, 0.25) is 0 Å². The Bertz CT molecular complexity index is 323. The second-order valence-corrected chi connectivity index (χ2v) is 4.21. The molecule has 0 amide bonds. The molecule has 0 fully saturated rings. The molecule has 0 aromatic carbocycles. The van der Waals surface area contributed by atoms with Crippen LogP contribution in [-0.4, -0.2) is 10.8 Å². The Kier molecular flexibility index (Phi) is 2.50. The van der Waals surface area contributed by atoms with Crippen LogP contribution in [0.1, 0.15) is 43.7 Å². The third-order valence-electron chi connectivity index (χ3n) is 1.90. The number of ketones is 1. The van der Waals surface area contributed by atoms with Gasteiger partial charge in [-0.15, -0.1) is 0 Å². The maximum atomic E-state index is 11.3. The largest absolute Gasteiger partial charge is 0.294 e. The zero-order valence-corrected chi connectivity index (χ0v) is 8.59. The highest BCUT2D eigenvalue weighted by atomic mass is 16.1. The second-order valence-electron chi connectivity index (χ2n) is 4.21. The Morgan fingerprint density at radius 1 is 1.38 bits per heavy atom. The molecular weight excluding hydrogens is 162 g/mol. The molecule has 0 saturated carbocycles. The van der Waals surface area contributed by atoms with Gasteiger partial charge in [0.25, 0.3) is 0 Å². The number of carbonyl (C=O) groups excluding carboxylic acids is 1. The summed E-state index contributed by atoms with van der Waals surface area (Å²) in [4.78, 5) is 15.5. The Balaban J connectivity index is 3.28. The van der Waals surface area contributed by atoms with Crippen molar-refractivity contribution < 1.29 is 4.79 Å². The molecule has 1 aromatic rings. The number of Topliss-reactive ketones (excluding diaryl/α,β-unsaturated/α-hetero) is 1. The number of carbonyl (C=O) groups is 1. The lowest BCUT2D eigenvalue weighted by atomic mass is 9.87. The van der Waals surface area contributed by atoms with E-state index in [1.165, 1.54) is 0 Å². The van der Waals surface area contributed by atoms with E-state index in [0.717, 1.165) is 11.3 Å². The summed E-state index contributed by atoms with van der Waals surface area (Å²) in [6, 6.07) is 3.63. The lowest BCUT2D eigenvalue weighted by molar-refractivity contribution is 0.101. The molecule has 0 N–H and O–H groups in total. The van der Waals surface area contributed by atoms with Crippen molar-refractivity contribution in [2.24, 2.45) is 0 Å². The van der Waals surface area contributed by atoms with Crippen molar-refractivity contribution in [1.82, 2.24) is 4.98 Å². The molecule has 0 unspecified atom stereocenters. The van der Waals surface area contributed by atoms with E-state index < -0.39 is 0 Å². The number of hydrogen-bond acceptors (Lipinski definition) is 2. The van der Waals surface area contributed by atoms with E-state index in [1.54, 1.807) is 19.2 Å². The maximum Gasteiger partial charge on any atom is 0.161 e. The van der Waals surface area contributed by atoms with Crippen molar-refractivity contribution in [1.29, 1.82) is 0 Å². The third-order valence-corrected chi connectivity index (χ3v) is 1.90. The molecular formula is C11H15NO. The van der Waals surface area contributed by atoms with Gasteiger partial charge in [-0.05, 0) is 19.1 Å². The van der Waals surface area contributed by atoms with E-state index in [4.69, 9.17) is 0 Å². The van der Waals surface area contributed by atoms with Gasteiger partial charge in [-0.25, -0.2) is 0 Å². The van der Waals surface area contributed by atoms with E-state index >= 15 is 0 Å². The van der Waals surface area contributed by atoms with Gasteiger partial charge in [0.1, 0.15) is 0 Å². The first-order valence-corrected chi connectivity index (χ1v) is 4.39. The highest BCUT2D eigenvalue weighted by Crippen LogP contribution is 2.23. The molecule has 2 heteroatoms. The molecule has 1 aromatic heterocycles. The first-order valence-electron chi connectivity index (χ1n) is 4.39. The number of rotatable bonds is 1. The van der Waals surface area contributed by atoms with Crippen molar-refractivity contribution in [3.8, 4) is 0 Å². The summed E-state index contributed by atoms with van der Waals surface area (Å²) >= 11 is 0. The van der Waals surface area contributed by atoms with Crippen molar-refractivity contribution in [3.63, 3.8) is 0 Å². The molecule has 0 atom stereocenters. The molecule has 0 saturated heterocycles. The van der Waals surface area contributed by atoms with Crippen molar-refractivity contribution in [2.75, 3.05) is 0 Å². The van der Waals surface area contributed by atoms with Gasteiger partial charge in [0.05, 0.1) is 5.69 Å². The minimum atomic E-state index is -0.0672. The molecule has 0 aliphatic rings. The van der Waals surface area contributed by atoms with Crippen LogP contribution in [0.3, 0.4) is 0 Å². The van der Waals surface area contributed by atoms with Crippen LogP contribution >= 0.6 is 0 Å². The van der Waals surface area contributed by atoms with Crippen LogP contribution in [-0.2, 0) is 5.41 Å². The molecule has 13 heavy (non-hydrogen) atoms. The fraction of sp³-hybridized carbons (Fsp3) is 0.455. The van der Waals surface area contributed by atoms with E-state index in [2.05, 4.69) is 25.8 Å². The Morgan fingerprint density at radius 3 is 2.38 bits per heavy atom. The number of hydrogen-bond donors (Lipinski definition) is 0. The van der Waals surface area contributed by atoms with Gasteiger partial charge < -0.3 is 0 Å². The zero-order valence-electron chi connectivity index (χ0n) is 8.59. The molecule has 0 bridgehead atoms. The van der Waals surface area contributed by atoms with Gasteiger partial charge in [0, 0.05) is 17.2 Å². The number of pyridine rings is 1. The number of aromatic nitrogens is 1. The van der Waals surface area contributed by atoms with E-state index in [-0.39, 0.29) is 11.2 Å². The fourth-order valence-electron chi connectivity index (χ4n) is 1.29. The van der Waals surface area contributed by atoms with Crippen LogP contribution in [0.5, 0.6) is 0 Å². The van der Waals surface area contributed by atoms with Gasteiger partial charge >= 0.3 is 0 Å². The molecule has 0 aliphatic carbocycles. The van der Waals surface area contributed by atoms with Gasteiger partial charge in [0.15, 0.2) is 5.78 Å². The minimum absolute atomic E-state index is 0.0672. The van der Waals surface area contributed by atoms with Crippen LogP contribution in [0.2, 0.25) is 0 Å². The Labute approximate surface area is 79.0 Å². The standard InChI is InChI=1S/C11H15NO/c1-8(13)9-6-5-7-12-10(9)11(2,3)4/h5-7H,1-4H3. The van der Waals surface area contributed by atoms with Crippen LogP contribution in [0.4, 0.5) is 0 Å². The summed E-state index contributed by atoms with van der Waals surface area (Å²) < 4.78 is 0. The lowest BCUT2D eigenvalue weighted by Crippen LogP contribution is -2.17. The minimum Gasteiger partial charge on any atom is -0.294 e. The molecule has 0 aliphatic heterocycles. The smallest absolute Gasteiger partial charge is 0.161 e. The predicted octanol–water partition coefficient (Wildman–Crippen LogP) is 2.58. The quantitative estimate of drug-likeness (QED) is 0.617. The van der Waals surface area contributed by atoms with Gasteiger partial charge in [-0.2, -0.15) is 0 Å². The fourth-order valence-corrected chi connectivity index (χ4v) is 1.29. The highest BCUT2D eigenvalue weighted by molar-refractivity contribution is 5.95. The first kappa shape index (κ1) is 9.90. The summed E-state index contributed by atoms with van der Waals surface area (Å²) in [7, 11) is 0. The predicted molar refractivity (Wildman–Crippen MR) is 52.9 cm³/mol. The summed E-state index contributed by atoms with van der Waals surface area (Å²) in [5.41, 5.74) is 1.54. The first-order chi connectivity index (χ1) is 5.93. The summed E-state index contributed by atoms with van der Waals surface area (Å²) in [6.07, 6.45) is 1.73. The average Bonchev–Trinajstić information content (AvgIpc) is 2.03. The molecule has 1 heterocycles. The SMILES string of the molecule is CC(=O)c1cccnc1C(C)(C)C. The van der Waals surface area contributed by atoms with E-state index in [9.17, 15) is 4.79 Å². The Hall–Kier alpha value is -1.18. The topological polar surface area (TPSA) is 30.0 Å². The van der Waals surface area contributed by atoms with Crippen LogP contribution in [0.15, 0.2) is 18.3 Å². The van der Waals surface area contributed by atoms with Crippen molar-refractivity contribution in [3.05, 3.63) is 29.6 Å².